The molecule has 2 aromatic rings. The number of nitrogens with zero attached hydrogens (tertiary/aromatic N) is 3. The first-order chi connectivity index (χ1) is 11.6. The van der Waals surface area contributed by atoms with Crippen LogP contribution in [0.1, 0.15) is 12.0 Å². The summed E-state index contributed by atoms with van der Waals surface area (Å²) < 4.78 is 0. The molecule has 1 N–H and O–H groups in total. The maximum Gasteiger partial charge on any atom is 0.332 e. The quantitative estimate of drug-likeness (QED) is 0.858. The predicted molar refractivity (Wildman–Crippen MR) is 88.4 cm³/mol. The molecule has 2 aliphatic rings. The van der Waals surface area contributed by atoms with Gasteiger partial charge in [-0.25, -0.2) is 9.69 Å². The maximum atomic E-state index is 12.7. The Morgan fingerprint density at radius 2 is 1.88 bits per heavy atom. The van der Waals surface area contributed by atoms with E-state index in [1.807, 2.05) is 37.3 Å². The first kappa shape index (κ1) is 14.8. The van der Waals surface area contributed by atoms with Gasteiger partial charge in [0, 0.05) is 25.4 Å². The van der Waals surface area contributed by atoms with Crippen LogP contribution in [0.3, 0.4) is 0 Å². The van der Waals surface area contributed by atoms with Gasteiger partial charge in [0.05, 0.1) is 11.8 Å². The van der Waals surface area contributed by atoms with E-state index < -0.39 is 12.1 Å². The summed E-state index contributed by atoms with van der Waals surface area (Å²) in [5, 5.41) is 9.70. The van der Waals surface area contributed by atoms with Crippen LogP contribution in [0.5, 0.6) is 0 Å². The van der Waals surface area contributed by atoms with E-state index in [1.54, 1.807) is 12.4 Å². The SMILES string of the molecule is Cc1ccc(-c2ccncc2)cc1N1C(=O)[C@@H]2C[C@@H](O)CN2C1=O. The normalized spacial score (nSPS) is 23.1. The van der Waals surface area contributed by atoms with Crippen molar-refractivity contribution in [1.82, 2.24) is 9.88 Å². The van der Waals surface area contributed by atoms with Crippen molar-refractivity contribution in [2.75, 3.05) is 11.4 Å². The lowest BCUT2D eigenvalue weighted by Crippen LogP contribution is -2.35. The Labute approximate surface area is 139 Å². The van der Waals surface area contributed by atoms with E-state index in [0.717, 1.165) is 16.7 Å². The fraction of sp³-hybridized carbons (Fsp3) is 0.278. The highest BCUT2D eigenvalue weighted by molar-refractivity contribution is 6.22. The zero-order chi connectivity index (χ0) is 16.8. The molecule has 3 heterocycles. The van der Waals surface area contributed by atoms with Gasteiger partial charge < -0.3 is 10.0 Å². The van der Waals surface area contributed by atoms with Crippen molar-refractivity contribution in [3.8, 4) is 11.1 Å². The van der Waals surface area contributed by atoms with Crippen LogP contribution >= 0.6 is 0 Å². The number of urea groups is 1. The highest BCUT2D eigenvalue weighted by Crippen LogP contribution is 2.35. The first-order valence-corrected chi connectivity index (χ1v) is 7.90. The van der Waals surface area contributed by atoms with Crippen LogP contribution < -0.4 is 4.90 Å². The van der Waals surface area contributed by atoms with Crippen molar-refractivity contribution in [2.45, 2.75) is 25.5 Å². The fourth-order valence-corrected chi connectivity index (χ4v) is 3.43. The number of hydrogen-bond acceptors (Lipinski definition) is 4. The number of carbonyl (C=O) groups excluding carboxylic acids is 2. The lowest BCUT2D eigenvalue weighted by molar-refractivity contribution is -0.119. The van der Waals surface area contributed by atoms with Gasteiger partial charge >= 0.3 is 6.03 Å². The average molecular weight is 323 g/mol. The molecule has 3 amide bonds. The fourth-order valence-electron chi connectivity index (χ4n) is 3.43. The van der Waals surface area contributed by atoms with E-state index in [2.05, 4.69) is 4.98 Å². The van der Waals surface area contributed by atoms with Crippen LogP contribution in [0.15, 0.2) is 42.7 Å². The molecule has 2 fully saturated rings. The van der Waals surface area contributed by atoms with Crippen molar-refractivity contribution in [3.05, 3.63) is 48.3 Å². The summed E-state index contributed by atoms with van der Waals surface area (Å²) in [7, 11) is 0. The summed E-state index contributed by atoms with van der Waals surface area (Å²) in [6.07, 6.45) is 3.11. The van der Waals surface area contributed by atoms with E-state index in [0.29, 0.717) is 12.1 Å². The molecule has 122 valence electrons. The molecular formula is C18H17N3O3. The van der Waals surface area contributed by atoms with Crippen molar-refractivity contribution in [3.63, 3.8) is 0 Å². The number of anilines is 1. The number of amides is 3. The van der Waals surface area contributed by atoms with Gasteiger partial charge in [-0.1, -0.05) is 12.1 Å². The van der Waals surface area contributed by atoms with Crippen LogP contribution in [0.2, 0.25) is 0 Å². The minimum absolute atomic E-state index is 0.217. The number of carbonyl (C=O) groups is 2. The summed E-state index contributed by atoms with van der Waals surface area (Å²) in [5.41, 5.74) is 3.35. The van der Waals surface area contributed by atoms with E-state index >= 15 is 0 Å². The summed E-state index contributed by atoms with van der Waals surface area (Å²) in [6, 6.07) is 8.61. The molecule has 0 spiro atoms. The number of aliphatic hydroxyl groups excluding tert-OH is 1. The lowest BCUT2D eigenvalue weighted by atomic mass is 10.0. The Morgan fingerprint density at radius 3 is 2.58 bits per heavy atom. The number of imide groups is 1. The molecule has 2 aliphatic heterocycles. The largest absolute Gasteiger partial charge is 0.391 e. The molecule has 24 heavy (non-hydrogen) atoms. The second kappa shape index (κ2) is 5.42. The van der Waals surface area contributed by atoms with Crippen molar-refractivity contribution in [2.24, 2.45) is 0 Å². The number of aliphatic hydroxyl groups is 1. The topological polar surface area (TPSA) is 73.7 Å². The molecule has 0 radical (unpaired) electrons. The van der Waals surface area contributed by atoms with E-state index in [-0.39, 0.29) is 18.5 Å². The Morgan fingerprint density at radius 1 is 1.12 bits per heavy atom. The minimum Gasteiger partial charge on any atom is -0.391 e. The summed E-state index contributed by atoms with van der Waals surface area (Å²) in [6.45, 7) is 2.10. The molecule has 0 saturated carbocycles. The summed E-state index contributed by atoms with van der Waals surface area (Å²) in [4.78, 5) is 32.1. The van der Waals surface area contributed by atoms with Crippen molar-refractivity contribution >= 4 is 17.6 Å². The molecule has 4 rings (SSSR count). The standard InChI is InChI=1S/C18H17N3O3/c1-11-2-3-13(12-4-6-19-7-5-12)8-15(11)21-17(23)16-9-14(22)10-20(16)18(21)24/h2-8,14,16,22H,9-10H2,1H3/t14-,16+/m1/s1. The Balaban J connectivity index is 1.75. The highest BCUT2D eigenvalue weighted by atomic mass is 16.3. The molecule has 1 aromatic carbocycles. The number of rotatable bonds is 2. The lowest BCUT2D eigenvalue weighted by Gasteiger charge is -2.19. The van der Waals surface area contributed by atoms with Gasteiger partial charge in [-0.3, -0.25) is 9.78 Å². The molecule has 6 nitrogen and oxygen atoms in total. The molecule has 1 aromatic heterocycles. The van der Waals surface area contributed by atoms with Crippen LogP contribution in [-0.4, -0.2) is 45.6 Å². The number of aryl methyl sites for hydroxylation is 1. The van der Waals surface area contributed by atoms with Gasteiger partial charge in [0.25, 0.3) is 5.91 Å². The van der Waals surface area contributed by atoms with Crippen LogP contribution in [0.25, 0.3) is 11.1 Å². The smallest absolute Gasteiger partial charge is 0.332 e. The van der Waals surface area contributed by atoms with Gasteiger partial charge in [0.15, 0.2) is 0 Å². The Kier molecular flexibility index (Phi) is 3.35. The van der Waals surface area contributed by atoms with Gasteiger partial charge in [-0.2, -0.15) is 0 Å². The van der Waals surface area contributed by atoms with Crippen LogP contribution in [0.4, 0.5) is 10.5 Å². The third kappa shape index (κ3) is 2.18. The third-order valence-electron chi connectivity index (χ3n) is 4.69. The molecule has 0 bridgehead atoms. The third-order valence-corrected chi connectivity index (χ3v) is 4.69. The zero-order valence-corrected chi connectivity index (χ0v) is 13.2. The van der Waals surface area contributed by atoms with Gasteiger partial charge in [-0.15, -0.1) is 0 Å². The summed E-state index contributed by atoms with van der Waals surface area (Å²) in [5.74, 6) is -0.258. The van der Waals surface area contributed by atoms with Gasteiger partial charge in [-0.05, 0) is 41.8 Å². The average Bonchev–Trinajstić information content (AvgIpc) is 3.08. The highest BCUT2D eigenvalue weighted by Gasteiger charge is 2.51. The minimum atomic E-state index is -0.616. The van der Waals surface area contributed by atoms with E-state index in [9.17, 15) is 14.7 Å². The maximum absolute atomic E-state index is 12.7. The molecule has 6 heteroatoms. The first-order valence-electron chi connectivity index (χ1n) is 7.90. The number of pyridine rings is 1. The monoisotopic (exact) mass is 323 g/mol. The molecule has 0 unspecified atom stereocenters. The van der Waals surface area contributed by atoms with Gasteiger partial charge in [0.2, 0.25) is 0 Å². The van der Waals surface area contributed by atoms with Crippen molar-refractivity contribution in [1.29, 1.82) is 0 Å². The van der Waals surface area contributed by atoms with Gasteiger partial charge in [0.1, 0.15) is 6.04 Å². The second-order valence-corrected chi connectivity index (χ2v) is 6.25. The molecular weight excluding hydrogens is 306 g/mol. The van der Waals surface area contributed by atoms with Crippen LogP contribution in [-0.2, 0) is 4.79 Å². The Hall–Kier alpha value is -2.73. The molecule has 2 saturated heterocycles. The molecule has 2 atom stereocenters. The number of hydrogen-bond donors (Lipinski definition) is 1. The van der Waals surface area contributed by atoms with E-state index in [1.165, 1.54) is 9.80 Å². The van der Waals surface area contributed by atoms with Crippen molar-refractivity contribution < 1.29 is 14.7 Å². The van der Waals surface area contributed by atoms with Crippen LogP contribution in [0, 0.1) is 6.92 Å². The number of aromatic nitrogens is 1. The summed E-state index contributed by atoms with van der Waals surface area (Å²) >= 11 is 0. The number of benzene rings is 1. The molecule has 0 aliphatic carbocycles. The van der Waals surface area contributed by atoms with E-state index in [4.69, 9.17) is 0 Å². The Bertz CT molecular complexity index is 798. The predicted octanol–water partition coefficient (Wildman–Crippen LogP) is 1.96. The number of fused-ring (bicyclic) bond motifs is 1. The zero-order valence-electron chi connectivity index (χ0n) is 13.2. The second-order valence-electron chi connectivity index (χ2n) is 6.25.